The lowest BCUT2D eigenvalue weighted by atomic mass is 9.85. The van der Waals surface area contributed by atoms with Gasteiger partial charge < -0.3 is 9.47 Å². The van der Waals surface area contributed by atoms with E-state index < -0.39 is 0 Å². The third-order valence-electron chi connectivity index (χ3n) is 6.29. The summed E-state index contributed by atoms with van der Waals surface area (Å²) < 4.78 is 3.57. The van der Waals surface area contributed by atoms with Crippen molar-refractivity contribution in [3.8, 4) is 0 Å². The summed E-state index contributed by atoms with van der Waals surface area (Å²) in [6.07, 6.45) is 9.93. The lowest BCUT2D eigenvalue weighted by molar-refractivity contribution is -0.133. The molecule has 2 aliphatic rings. The summed E-state index contributed by atoms with van der Waals surface area (Å²) in [4.78, 5) is 31.5. The van der Waals surface area contributed by atoms with Crippen molar-refractivity contribution in [1.82, 2.24) is 24.2 Å². The number of amides is 1. The first-order chi connectivity index (χ1) is 13.5. The van der Waals surface area contributed by atoms with Gasteiger partial charge in [0.1, 0.15) is 12.4 Å². The van der Waals surface area contributed by atoms with Crippen LogP contribution in [0.25, 0.3) is 0 Å². The number of piperidine rings is 1. The van der Waals surface area contributed by atoms with E-state index in [-0.39, 0.29) is 23.9 Å². The average Bonchev–Trinajstić information content (AvgIpc) is 3.11. The molecule has 1 saturated heterocycles. The van der Waals surface area contributed by atoms with Crippen LogP contribution in [0.4, 0.5) is 0 Å². The zero-order valence-corrected chi connectivity index (χ0v) is 16.8. The van der Waals surface area contributed by atoms with Gasteiger partial charge in [0.2, 0.25) is 5.91 Å². The predicted octanol–water partition coefficient (Wildman–Crippen LogP) is 2.26. The molecular weight excluding hydrogens is 354 g/mol. The molecule has 1 atom stereocenters. The molecule has 0 bridgehead atoms. The number of rotatable bonds is 5. The van der Waals surface area contributed by atoms with Crippen molar-refractivity contribution in [2.45, 2.75) is 65.0 Å². The van der Waals surface area contributed by atoms with Crippen LogP contribution in [0.3, 0.4) is 0 Å². The van der Waals surface area contributed by atoms with E-state index in [0.29, 0.717) is 6.54 Å². The lowest BCUT2D eigenvalue weighted by Gasteiger charge is -2.33. The molecule has 150 valence electrons. The largest absolute Gasteiger partial charge is 0.340 e. The third-order valence-corrected chi connectivity index (χ3v) is 6.29. The summed E-state index contributed by atoms with van der Waals surface area (Å²) >= 11 is 0. The zero-order chi connectivity index (χ0) is 19.7. The molecule has 2 aromatic rings. The molecule has 3 heterocycles. The first-order valence-corrected chi connectivity index (χ1v) is 10.4. The maximum absolute atomic E-state index is 12.8. The monoisotopic (exact) mass is 383 g/mol. The minimum Gasteiger partial charge on any atom is -0.340 e. The summed E-state index contributed by atoms with van der Waals surface area (Å²) in [5, 5.41) is 4.28. The second-order valence-electron chi connectivity index (χ2n) is 8.32. The topological polar surface area (TPSA) is 73.0 Å². The Morgan fingerprint density at radius 1 is 1.21 bits per heavy atom. The van der Waals surface area contributed by atoms with Gasteiger partial charge in [-0.25, -0.2) is 9.67 Å². The highest BCUT2D eigenvalue weighted by Gasteiger charge is 2.29. The Balaban J connectivity index is 1.44. The van der Waals surface area contributed by atoms with E-state index in [4.69, 9.17) is 0 Å². The molecule has 0 N–H and O–H groups in total. The number of likely N-dealkylation sites (tertiary alicyclic amines) is 1. The summed E-state index contributed by atoms with van der Waals surface area (Å²) in [6, 6.07) is 1.55. The van der Waals surface area contributed by atoms with E-state index in [0.717, 1.165) is 48.9 Å². The molecule has 7 heteroatoms. The van der Waals surface area contributed by atoms with Gasteiger partial charge in [-0.3, -0.25) is 9.59 Å². The van der Waals surface area contributed by atoms with Crippen LogP contribution in [0.15, 0.2) is 23.3 Å². The van der Waals surface area contributed by atoms with E-state index in [1.165, 1.54) is 23.9 Å². The van der Waals surface area contributed by atoms with Gasteiger partial charge in [-0.15, -0.1) is 0 Å². The Hall–Kier alpha value is -2.44. The molecule has 1 aliphatic heterocycles. The van der Waals surface area contributed by atoms with E-state index in [1.807, 2.05) is 24.9 Å². The molecule has 1 saturated carbocycles. The summed E-state index contributed by atoms with van der Waals surface area (Å²) in [5.41, 5.74) is 1.41. The first kappa shape index (κ1) is 18.9. The van der Waals surface area contributed by atoms with Crippen molar-refractivity contribution in [3.05, 3.63) is 45.9 Å². The van der Waals surface area contributed by atoms with Crippen molar-refractivity contribution >= 4 is 5.91 Å². The van der Waals surface area contributed by atoms with Gasteiger partial charge in [-0.05, 0) is 51.0 Å². The van der Waals surface area contributed by atoms with Gasteiger partial charge in [0.25, 0.3) is 5.56 Å². The second kappa shape index (κ2) is 7.89. The quantitative estimate of drug-likeness (QED) is 0.794. The Morgan fingerprint density at radius 2 is 2.04 bits per heavy atom. The van der Waals surface area contributed by atoms with Crippen molar-refractivity contribution in [2.24, 2.45) is 5.92 Å². The Morgan fingerprint density at radius 3 is 2.79 bits per heavy atom. The van der Waals surface area contributed by atoms with Crippen molar-refractivity contribution in [1.29, 1.82) is 0 Å². The zero-order valence-electron chi connectivity index (χ0n) is 16.8. The number of hydrogen-bond donors (Lipinski definition) is 0. The predicted molar refractivity (Wildman–Crippen MR) is 106 cm³/mol. The van der Waals surface area contributed by atoms with Gasteiger partial charge in [0, 0.05) is 44.0 Å². The fourth-order valence-corrected chi connectivity index (χ4v) is 4.22. The highest BCUT2D eigenvalue weighted by molar-refractivity contribution is 5.76. The van der Waals surface area contributed by atoms with Crippen LogP contribution in [0.5, 0.6) is 0 Å². The van der Waals surface area contributed by atoms with Crippen molar-refractivity contribution in [3.63, 3.8) is 0 Å². The number of imidazole rings is 1. The molecule has 2 aromatic heterocycles. The minimum absolute atomic E-state index is 0.00316. The second-order valence-corrected chi connectivity index (χ2v) is 8.32. The van der Waals surface area contributed by atoms with Crippen molar-refractivity contribution in [2.75, 3.05) is 13.1 Å². The number of carbonyl (C=O) groups excluding carboxylic acids is 1. The maximum Gasteiger partial charge on any atom is 0.267 e. The summed E-state index contributed by atoms with van der Waals surface area (Å²) in [6.45, 7) is 6.16. The smallest absolute Gasteiger partial charge is 0.267 e. The van der Waals surface area contributed by atoms with Gasteiger partial charge >= 0.3 is 0 Å². The Labute approximate surface area is 165 Å². The van der Waals surface area contributed by atoms with E-state index in [2.05, 4.69) is 20.8 Å². The molecule has 4 rings (SSSR count). The number of aryl methyl sites for hydroxylation is 2. The standard InChI is InChI=1S/C21H29N5O2/c1-15-11-19(27)26(23-16(15)2)14-20(28)24-9-4-7-18(13-24)21-22-8-10-25(21)12-17-5-3-6-17/h8,10-11,17-18H,3-7,9,12-14H2,1-2H3/t18-/m0/s1. The summed E-state index contributed by atoms with van der Waals surface area (Å²) in [7, 11) is 0. The molecule has 1 aliphatic carbocycles. The van der Waals surface area contributed by atoms with Gasteiger partial charge in [0.05, 0.1) is 5.69 Å². The Kier molecular flexibility index (Phi) is 5.33. The molecule has 0 aromatic carbocycles. The van der Waals surface area contributed by atoms with Gasteiger partial charge in [-0.1, -0.05) is 6.42 Å². The van der Waals surface area contributed by atoms with Crippen LogP contribution in [-0.4, -0.2) is 43.2 Å². The highest BCUT2D eigenvalue weighted by Crippen LogP contribution is 2.31. The van der Waals surface area contributed by atoms with Crippen molar-refractivity contribution < 1.29 is 4.79 Å². The van der Waals surface area contributed by atoms with Crippen LogP contribution in [0.2, 0.25) is 0 Å². The lowest BCUT2D eigenvalue weighted by Crippen LogP contribution is -2.43. The van der Waals surface area contributed by atoms with Crippen LogP contribution in [-0.2, 0) is 17.9 Å². The van der Waals surface area contributed by atoms with Gasteiger partial charge in [0.15, 0.2) is 0 Å². The fourth-order valence-electron chi connectivity index (χ4n) is 4.22. The minimum atomic E-state index is -0.221. The molecule has 0 spiro atoms. The molecule has 0 unspecified atom stereocenters. The molecule has 28 heavy (non-hydrogen) atoms. The normalized spacial score (nSPS) is 20.2. The molecule has 7 nitrogen and oxygen atoms in total. The molecular formula is C21H29N5O2. The van der Waals surface area contributed by atoms with E-state index in [1.54, 1.807) is 6.07 Å². The van der Waals surface area contributed by atoms with Crippen LogP contribution in [0.1, 0.15) is 55.1 Å². The third kappa shape index (κ3) is 3.88. The first-order valence-electron chi connectivity index (χ1n) is 10.4. The molecule has 0 radical (unpaired) electrons. The number of aromatic nitrogens is 4. The number of carbonyl (C=O) groups is 1. The Bertz CT molecular complexity index is 912. The van der Waals surface area contributed by atoms with Crippen LogP contribution >= 0.6 is 0 Å². The fraction of sp³-hybridized carbons (Fsp3) is 0.619. The maximum atomic E-state index is 12.8. The van der Waals surface area contributed by atoms with Gasteiger partial charge in [-0.2, -0.15) is 5.10 Å². The average molecular weight is 383 g/mol. The number of nitrogens with zero attached hydrogens (tertiary/aromatic N) is 5. The van der Waals surface area contributed by atoms with Crippen LogP contribution < -0.4 is 5.56 Å². The summed E-state index contributed by atoms with van der Waals surface area (Å²) in [5.74, 6) is 2.10. The SMILES string of the molecule is Cc1cc(=O)n(CC(=O)N2CCC[C@H](c3nccn3CC3CCC3)C2)nc1C. The van der Waals surface area contributed by atoms with E-state index in [9.17, 15) is 9.59 Å². The van der Waals surface area contributed by atoms with E-state index >= 15 is 0 Å². The highest BCUT2D eigenvalue weighted by atomic mass is 16.2. The molecule has 2 fully saturated rings. The molecule has 1 amide bonds. The number of hydrogen-bond acceptors (Lipinski definition) is 4. The van der Waals surface area contributed by atoms with Crippen LogP contribution in [0, 0.1) is 19.8 Å².